The van der Waals surface area contributed by atoms with Crippen LogP contribution in [0.1, 0.15) is 64.7 Å². The van der Waals surface area contributed by atoms with Crippen LogP contribution >= 0.6 is 0 Å². The number of hydrogen-bond acceptors (Lipinski definition) is 2. The molecule has 0 aromatic rings. The molecule has 2 N–H and O–H groups in total. The lowest BCUT2D eigenvalue weighted by atomic mass is 9.76. The second-order valence-electron chi connectivity index (χ2n) is 5.76. The van der Waals surface area contributed by atoms with Crippen LogP contribution in [0.4, 0.5) is 0 Å². The summed E-state index contributed by atoms with van der Waals surface area (Å²) in [5.74, 6) is 0.911. The summed E-state index contributed by atoms with van der Waals surface area (Å²) >= 11 is 0. The summed E-state index contributed by atoms with van der Waals surface area (Å²) in [7, 11) is 0. The van der Waals surface area contributed by atoms with Gasteiger partial charge in [-0.15, -0.1) is 0 Å². The number of ether oxygens (including phenoxy) is 1. The summed E-state index contributed by atoms with van der Waals surface area (Å²) < 4.78 is 6.41. The molecule has 2 saturated carbocycles. The molecule has 0 heterocycles. The van der Waals surface area contributed by atoms with E-state index in [-0.39, 0.29) is 5.60 Å². The number of rotatable bonds is 5. The van der Waals surface area contributed by atoms with Gasteiger partial charge < -0.3 is 10.5 Å². The number of hydrogen-bond donors (Lipinski definition) is 1. The van der Waals surface area contributed by atoms with Gasteiger partial charge in [0.2, 0.25) is 0 Å². The Balaban J connectivity index is 1.83. The zero-order chi connectivity index (χ0) is 11.4. The van der Waals surface area contributed by atoms with E-state index in [1.54, 1.807) is 0 Å². The lowest BCUT2D eigenvalue weighted by Gasteiger charge is -2.45. The molecule has 0 aromatic heterocycles. The molecule has 2 aliphatic carbocycles. The Bertz CT molecular complexity index is 213. The largest absolute Gasteiger partial charge is 0.372 e. The molecule has 2 rings (SSSR count). The SMILES string of the molecule is CCC1CCCC(OC2(CCN)CCC2)C1. The van der Waals surface area contributed by atoms with Crippen LogP contribution in [0.2, 0.25) is 0 Å². The molecular formula is C14H27NO. The molecule has 16 heavy (non-hydrogen) atoms. The first-order chi connectivity index (χ1) is 7.78. The normalized spacial score (nSPS) is 33.4. The van der Waals surface area contributed by atoms with Crippen molar-refractivity contribution in [3.8, 4) is 0 Å². The maximum absolute atomic E-state index is 6.41. The zero-order valence-electron chi connectivity index (χ0n) is 10.7. The van der Waals surface area contributed by atoms with Crippen molar-refractivity contribution in [3.05, 3.63) is 0 Å². The fourth-order valence-electron chi connectivity index (χ4n) is 3.33. The van der Waals surface area contributed by atoms with Crippen LogP contribution in [0.15, 0.2) is 0 Å². The Labute approximate surface area is 99.9 Å². The minimum absolute atomic E-state index is 0.190. The molecule has 0 amide bonds. The summed E-state index contributed by atoms with van der Waals surface area (Å²) in [6.07, 6.45) is 12.1. The third-order valence-electron chi connectivity index (χ3n) is 4.59. The van der Waals surface area contributed by atoms with Crippen LogP contribution in [0.25, 0.3) is 0 Å². The predicted molar refractivity (Wildman–Crippen MR) is 67.4 cm³/mol. The molecule has 0 bridgehead atoms. The van der Waals surface area contributed by atoms with Crippen molar-refractivity contribution < 1.29 is 4.74 Å². The minimum Gasteiger partial charge on any atom is -0.372 e. The van der Waals surface area contributed by atoms with Crippen molar-refractivity contribution in [2.24, 2.45) is 11.7 Å². The van der Waals surface area contributed by atoms with E-state index in [1.807, 2.05) is 0 Å². The first kappa shape index (κ1) is 12.4. The van der Waals surface area contributed by atoms with Crippen LogP contribution in [0.3, 0.4) is 0 Å². The average molecular weight is 225 g/mol. The second kappa shape index (κ2) is 5.50. The Morgan fingerprint density at radius 3 is 2.62 bits per heavy atom. The van der Waals surface area contributed by atoms with Crippen LogP contribution in [-0.4, -0.2) is 18.2 Å². The Hall–Kier alpha value is -0.0800. The second-order valence-corrected chi connectivity index (χ2v) is 5.76. The third-order valence-corrected chi connectivity index (χ3v) is 4.59. The summed E-state index contributed by atoms with van der Waals surface area (Å²) in [5, 5.41) is 0. The van der Waals surface area contributed by atoms with E-state index in [4.69, 9.17) is 10.5 Å². The zero-order valence-corrected chi connectivity index (χ0v) is 10.7. The standard InChI is InChI=1S/C14H27NO/c1-2-12-5-3-6-13(11-12)16-14(9-10-15)7-4-8-14/h12-13H,2-11,15H2,1H3. The molecule has 94 valence electrons. The lowest BCUT2D eigenvalue weighted by molar-refractivity contribution is -0.155. The highest BCUT2D eigenvalue weighted by atomic mass is 16.5. The number of nitrogens with two attached hydrogens (primary N) is 1. The molecule has 0 aliphatic heterocycles. The molecule has 0 saturated heterocycles. The molecule has 2 atom stereocenters. The van der Waals surface area contributed by atoms with Crippen LogP contribution in [0, 0.1) is 5.92 Å². The predicted octanol–water partition coefficient (Wildman–Crippen LogP) is 3.24. The summed E-state index contributed by atoms with van der Waals surface area (Å²) in [6, 6.07) is 0. The van der Waals surface area contributed by atoms with Gasteiger partial charge in [0.1, 0.15) is 0 Å². The molecule has 0 radical (unpaired) electrons. The molecular weight excluding hydrogens is 198 g/mol. The first-order valence-electron chi connectivity index (χ1n) is 7.16. The van der Waals surface area contributed by atoms with Crippen LogP contribution in [-0.2, 0) is 4.74 Å². The average Bonchev–Trinajstić information content (AvgIpc) is 2.26. The smallest absolute Gasteiger partial charge is 0.0698 e. The van der Waals surface area contributed by atoms with Gasteiger partial charge in [-0.2, -0.15) is 0 Å². The third kappa shape index (κ3) is 2.78. The van der Waals surface area contributed by atoms with Gasteiger partial charge in [0.25, 0.3) is 0 Å². The highest BCUT2D eigenvalue weighted by Gasteiger charge is 2.40. The molecule has 0 aromatic carbocycles. The Kier molecular flexibility index (Phi) is 4.26. The lowest BCUT2D eigenvalue weighted by Crippen LogP contribution is -2.45. The van der Waals surface area contributed by atoms with Gasteiger partial charge in [0, 0.05) is 0 Å². The van der Waals surface area contributed by atoms with Gasteiger partial charge in [-0.1, -0.05) is 26.2 Å². The van der Waals surface area contributed by atoms with Crippen molar-refractivity contribution in [2.75, 3.05) is 6.54 Å². The van der Waals surface area contributed by atoms with Gasteiger partial charge in [-0.05, 0) is 51.0 Å². The van der Waals surface area contributed by atoms with Gasteiger partial charge in [0.15, 0.2) is 0 Å². The van der Waals surface area contributed by atoms with E-state index in [2.05, 4.69) is 6.92 Å². The summed E-state index contributed by atoms with van der Waals surface area (Å²) in [5.41, 5.74) is 5.89. The molecule has 2 heteroatoms. The van der Waals surface area contributed by atoms with Gasteiger partial charge >= 0.3 is 0 Å². The van der Waals surface area contributed by atoms with Crippen molar-refractivity contribution in [2.45, 2.75) is 76.4 Å². The summed E-state index contributed by atoms with van der Waals surface area (Å²) in [6.45, 7) is 3.09. The molecule has 0 spiro atoms. The fourth-order valence-corrected chi connectivity index (χ4v) is 3.33. The molecule has 2 unspecified atom stereocenters. The maximum Gasteiger partial charge on any atom is 0.0698 e. The topological polar surface area (TPSA) is 35.2 Å². The Morgan fingerprint density at radius 1 is 1.25 bits per heavy atom. The first-order valence-corrected chi connectivity index (χ1v) is 7.16. The molecule has 2 fully saturated rings. The highest BCUT2D eigenvalue weighted by molar-refractivity contribution is 4.91. The van der Waals surface area contributed by atoms with Crippen LogP contribution < -0.4 is 5.73 Å². The van der Waals surface area contributed by atoms with Crippen molar-refractivity contribution in [1.29, 1.82) is 0 Å². The van der Waals surface area contributed by atoms with E-state index in [9.17, 15) is 0 Å². The van der Waals surface area contributed by atoms with E-state index in [1.165, 1.54) is 51.4 Å². The molecule has 2 aliphatic rings. The highest BCUT2D eigenvalue weighted by Crippen LogP contribution is 2.42. The minimum atomic E-state index is 0.190. The quantitative estimate of drug-likeness (QED) is 0.779. The monoisotopic (exact) mass is 225 g/mol. The van der Waals surface area contributed by atoms with E-state index >= 15 is 0 Å². The maximum atomic E-state index is 6.41. The summed E-state index contributed by atoms with van der Waals surface area (Å²) in [4.78, 5) is 0. The van der Waals surface area contributed by atoms with E-state index < -0.39 is 0 Å². The van der Waals surface area contributed by atoms with Gasteiger partial charge in [0.05, 0.1) is 11.7 Å². The van der Waals surface area contributed by atoms with E-state index in [0.717, 1.165) is 18.9 Å². The Morgan fingerprint density at radius 2 is 2.06 bits per heavy atom. The fraction of sp³-hybridized carbons (Fsp3) is 1.00. The van der Waals surface area contributed by atoms with Crippen molar-refractivity contribution in [3.63, 3.8) is 0 Å². The van der Waals surface area contributed by atoms with E-state index in [0.29, 0.717) is 6.10 Å². The van der Waals surface area contributed by atoms with Crippen molar-refractivity contribution >= 4 is 0 Å². The van der Waals surface area contributed by atoms with Gasteiger partial charge in [-0.3, -0.25) is 0 Å². The van der Waals surface area contributed by atoms with Crippen LogP contribution in [0.5, 0.6) is 0 Å². The van der Waals surface area contributed by atoms with Crippen molar-refractivity contribution in [1.82, 2.24) is 0 Å². The molecule has 2 nitrogen and oxygen atoms in total. The van der Waals surface area contributed by atoms with Gasteiger partial charge in [-0.25, -0.2) is 0 Å².